The molecule has 0 unspecified atom stereocenters. The lowest BCUT2D eigenvalue weighted by atomic mass is 10.3. The van der Waals surface area contributed by atoms with Crippen molar-refractivity contribution < 1.29 is 9.13 Å². The van der Waals surface area contributed by atoms with Gasteiger partial charge < -0.3 is 14.6 Å². The minimum absolute atomic E-state index is 0. The topological polar surface area (TPSA) is 53.0 Å². The van der Waals surface area contributed by atoms with Crippen molar-refractivity contribution in [1.29, 1.82) is 0 Å². The molecule has 2 heterocycles. The molecule has 0 spiro atoms. The van der Waals surface area contributed by atoms with Gasteiger partial charge in [0.25, 0.3) is 0 Å². The van der Waals surface area contributed by atoms with E-state index >= 15 is 0 Å². The Morgan fingerprint density at radius 2 is 1.88 bits per heavy atom. The highest BCUT2D eigenvalue weighted by atomic mass is 127. The first-order valence-electron chi connectivity index (χ1n) is 7.58. The Balaban J connectivity index is 0.00000208. The maximum Gasteiger partial charge on any atom is 0.228 e. The highest BCUT2D eigenvalue weighted by Gasteiger charge is 2.15. The van der Waals surface area contributed by atoms with Crippen LogP contribution in [0.1, 0.15) is 5.56 Å². The predicted molar refractivity (Wildman–Crippen MR) is 102 cm³/mol. The van der Waals surface area contributed by atoms with Crippen LogP contribution in [-0.4, -0.2) is 42.1 Å². The molecule has 0 saturated carbocycles. The molecule has 1 aliphatic rings. The van der Waals surface area contributed by atoms with E-state index in [0.29, 0.717) is 24.9 Å². The van der Waals surface area contributed by atoms with Gasteiger partial charge >= 0.3 is 0 Å². The van der Waals surface area contributed by atoms with Crippen molar-refractivity contribution in [2.45, 2.75) is 6.92 Å². The van der Waals surface area contributed by atoms with Gasteiger partial charge in [-0.2, -0.15) is 4.99 Å². The number of nitrogens with zero attached hydrogens (tertiary/aromatic N) is 3. The van der Waals surface area contributed by atoms with Crippen molar-refractivity contribution in [2.75, 3.05) is 26.3 Å². The summed E-state index contributed by atoms with van der Waals surface area (Å²) in [6.07, 6.45) is 1.83. The monoisotopic (exact) mass is 442 g/mol. The Morgan fingerprint density at radius 3 is 2.54 bits per heavy atom. The molecule has 1 aliphatic heterocycles. The summed E-state index contributed by atoms with van der Waals surface area (Å²) < 4.78 is 18.5. The van der Waals surface area contributed by atoms with E-state index in [1.165, 1.54) is 12.1 Å². The maximum atomic E-state index is 13.1. The van der Waals surface area contributed by atoms with Gasteiger partial charge in [0, 0.05) is 19.3 Å². The van der Waals surface area contributed by atoms with Crippen molar-refractivity contribution in [3.8, 4) is 0 Å². The average Bonchev–Trinajstić information content (AvgIpc) is 2.59. The van der Waals surface area contributed by atoms with Gasteiger partial charge in [0.1, 0.15) is 11.3 Å². The van der Waals surface area contributed by atoms with E-state index in [4.69, 9.17) is 4.74 Å². The third-order valence-corrected chi connectivity index (χ3v) is 3.60. The number of rotatable bonds is 1. The highest BCUT2D eigenvalue weighted by molar-refractivity contribution is 14.0. The first-order chi connectivity index (χ1) is 11.2. The number of aliphatic imine (C=N–C) groups is 1. The van der Waals surface area contributed by atoms with Crippen LogP contribution in [0.2, 0.25) is 0 Å². The van der Waals surface area contributed by atoms with Crippen molar-refractivity contribution >= 4 is 35.6 Å². The smallest absolute Gasteiger partial charge is 0.228 e. The fourth-order valence-corrected chi connectivity index (χ4v) is 2.29. The molecule has 24 heavy (non-hydrogen) atoms. The Bertz CT molecular complexity index is 752. The zero-order chi connectivity index (χ0) is 16.1. The highest BCUT2D eigenvalue weighted by Crippen LogP contribution is 2.14. The molecule has 0 atom stereocenters. The van der Waals surface area contributed by atoms with E-state index in [0.717, 1.165) is 24.1 Å². The summed E-state index contributed by atoms with van der Waals surface area (Å²) in [7, 11) is 0. The van der Waals surface area contributed by atoms with Crippen molar-refractivity contribution in [3.05, 3.63) is 59.5 Å². The SMILES string of the molecule is Cc1ccc[nH]c1=NC(=Nc1ccc(F)cc1)N1CCOCC1.I. The molecule has 2 aromatic rings. The summed E-state index contributed by atoms with van der Waals surface area (Å²) >= 11 is 0. The van der Waals surface area contributed by atoms with Crippen LogP contribution in [0.4, 0.5) is 10.1 Å². The van der Waals surface area contributed by atoms with Crippen LogP contribution in [0.5, 0.6) is 0 Å². The fourth-order valence-electron chi connectivity index (χ4n) is 2.29. The molecule has 1 aromatic carbocycles. The Hall–Kier alpha value is -1.74. The van der Waals surface area contributed by atoms with E-state index < -0.39 is 0 Å². The summed E-state index contributed by atoms with van der Waals surface area (Å²) in [6.45, 7) is 4.75. The fraction of sp³-hybridized carbons (Fsp3) is 0.294. The Kier molecular flexibility index (Phi) is 6.92. The van der Waals surface area contributed by atoms with Gasteiger partial charge in [0.05, 0.1) is 18.9 Å². The van der Waals surface area contributed by atoms with Gasteiger partial charge in [0.2, 0.25) is 5.96 Å². The van der Waals surface area contributed by atoms with Crippen LogP contribution in [0, 0.1) is 12.7 Å². The molecule has 0 aliphatic carbocycles. The number of aromatic nitrogens is 1. The van der Waals surface area contributed by atoms with Gasteiger partial charge in [-0.3, -0.25) is 0 Å². The van der Waals surface area contributed by atoms with Crippen molar-refractivity contribution in [2.24, 2.45) is 9.98 Å². The summed E-state index contributed by atoms with van der Waals surface area (Å²) in [5, 5.41) is 0. The average molecular weight is 442 g/mol. The molecule has 0 amide bonds. The van der Waals surface area contributed by atoms with Gasteiger partial charge in [0.15, 0.2) is 0 Å². The Morgan fingerprint density at radius 1 is 1.17 bits per heavy atom. The molecular formula is C17H20FIN4O. The van der Waals surface area contributed by atoms with Crippen LogP contribution in [0.25, 0.3) is 0 Å². The van der Waals surface area contributed by atoms with Crippen LogP contribution in [0.15, 0.2) is 52.6 Å². The summed E-state index contributed by atoms with van der Waals surface area (Å²) in [5.74, 6) is 0.325. The maximum absolute atomic E-state index is 13.1. The summed E-state index contributed by atoms with van der Waals surface area (Å²) in [5.41, 5.74) is 2.47. The lowest BCUT2D eigenvalue weighted by Gasteiger charge is -2.27. The number of hydrogen-bond acceptors (Lipinski definition) is 2. The standard InChI is InChI=1S/C17H19FN4O.HI/c1-13-3-2-8-19-16(13)21-17(22-9-11-23-12-10-22)20-15-6-4-14(18)5-7-15;/h2-8H,9-12H2,1H3,(H,19,20,21);1H. The molecule has 1 fully saturated rings. The van der Waals surface area contributed by atoms with Crippen LogP contribution in [-0.2, 0) is 4.74 Å². The number of halogens is 2. The lowest BCUT2D eigenvalue weighted by molar-refractivity contribution is 0.0675. The second-order valence-corrected chi connectivity index (χ2v) is 5.30. The largest absolute Gasteiger partial charge is 0.378 e. The van der Waals surface area contributed by atoms with E-state index in [-0.39, 0.29) is 29.8 Å². The predicted octanol–water partition coefficient (Wildman–Crippen LogP) is 3.00. The van der Waals surface area contributed by atoms with Crippen molar-refractivity contribution in [3.63, 3.8) is 0 Å². The van der Waals surface area contributed by atoms with Crippen LogP contribution >= 0.6 is 24.0 Å². The quantitative estimate of drug-likeness (QED) is 0.420. The number of hydrogen-bond donors (Lipinski definition) is 1. The molecule has 1 N–H and O–H groups in total. The second kappa shape index (κ2) is 8.93. The third-order valence-electron chi connectivity index (χ3n) is 3.60. The zero-order valence-electron chi connectivity index (χ0n) is 13.4. The summed E-state index contributed by atoms with van der Waals surface area (Å²) in [4.78, 5) is 14.5. The number of morpholine rings is 1. The first-order valence-corrected chi connectivity index (χ1v) is 7.58. The van der Waals surface area contributed by atoms with E-state index in [1.54, 1.807) is 12.1 Å². The molecule has 1 saturated heterocycles. The number of H-pyrrole nitrogens is 1. The van der Waals surface area contributed by atoms with Gasteiger partial charge in [-0.25, -0.2) is 9.38 Å². The number of nitrogens with one attached hydrogen (secondary N) is 1. The second-order valence-electron chi connectivity index (χ2n) is 5.30. The van der Waals surface area contributed by atoms with Crippen LogP contribution in [0.3, 0.4) is 0 Å². The number of guanidine groups is 1. The third kappa shape index (κ3) is 4.88. The normalized spacial score (nSPS) is 16.0. The van der Waals surface area contributed by atoms with Crippen LogP contribution < -0.4 is 5.49 Å². The minimum Gasteiger partial charge on any atom is -0.378 e. The van der Waals surface area contributed by atoms with E-state index in [9.17, 15) is 4.39 Å². The number of aryl methyl sites for hydroxylation is 1. The first kappa shape index (κ1) is 18.6. The van der Waals surface area contributed by atoms with Gasteiger partial charge in [-0.15, -0.1) is 24.0 Å². The molecule has 0 bridgehead atoms. The molecule has 7 heteroatoms. The molecule has 1 aromatic heterocycles. The molecule has 3 rings (SSSR count). The zero-order valence-corrected chi connectivity index (χ0v) is 15.7. The van der Waals surface area contributed by atoms with Gasteiger partial charge in [-0.1, -0.05) is 6.07 Å². The number of benzene rings is 1. The minimum atomic E-state index is -0.277. The molecular weight excluding hydrogens is 422 g/mol. The lowest BCUT2D eigenvalue weighted by Crippen LogP contribution is -2.40. The van der Waals surface area contributed by atoms with E-state index in [2.05, 4.69) is 19.9 Å². The summed E-state index contributed by atoms with van der Waals surface area (Å²) in [6, 6.07) is 10.0. The number of pyridine rings is 1. The molecule has 5 nitrogen and oxygen atoms in total. The van der Waals surface area contributed by atoms with Gasteiger partial charge in [-0.05, 0) is 42.8 Å². The van der Waals surface area contributed by atoms with Crippen molar-refractivity contribution in [1.82, 2.24) is 9.88 Å². The number of ether oxygens (including phenoxy) is 1. The van der Waals surface area contributed by atoms with E-state index in [1.807, 2.05) is 25.3 Å². The Labute approximate surface area is 157 Å². The molecule has 0 radical (unpaired) electrons. The number of aromatic amines is 1. The molecule has 128 valence electrons.